The monoisotopic (exact) mass is 280 g/mol. The van der Waals surface area contributed by atoms with Gasteiger partial charge in [0.25, 0.3) is 11.6 Å². The fourth-order valence-corrected chi connectivity index (χ4v) is 1.97. The molecule has 1 aromatic rings. The molecular formula is C14H20N2O4. The van der Waals surface area contributed by atoms with Crippen LogP contribution >= 0.6 is 0 Å². The van der Waals surface area contributed by atoms with E-state index in [1.54, 1.807) is 6.92 Å². The molecule has 0 fully saturated rings. The van der Waals surface area contributed by atoms with Gasteiger partial charge >= 0.3 is 0 Å². The molecule has 6 nitrogen and oxygen atoms in total. The van der Waals surface area contributed by atoms with E-state index in [9.17, 15) is 14.9 Å². The first-order valence-corrected chi connectivity index (χ1v) is 6.63. The van der Waals surface area contributed by atoms with Gasteiger partial charge in [0.2, 0.25) is 0 Å². The number of nitrogens with one attached hydrogen (secondary N) is 1. The maximum Gasteiger partial charge on any atom is 0.272 e. The lowest BCUT2D eigenvalue weighted by Gasteiger charge is -2.14. The summed E-state index contributed by atoms with van der Waals surface area (Å²) in [5, 5.41) is 22.4. The maximum atomic E-state index is 12.0. The fourth-order valence-electron chi connectivity index (χ4n) is 1.97. The molecule has 0 heterocycles. The Balaban J connectivity index is 2.68. The molecular weight excluding hydrogens is 260 g/mol. The largest absolute Gasteiger partial charge is 0.396 e. The van der Waals surface area contributed by atoms with Gasteiger partial charge in [-0.2, -0.15) is 0 Å². The van der Waals surface area contributed by atoms with Crippen LogP contribution in [0.4, 0.5) is 5.69 Å². The van der Waals surface area contributed by atoms with E-state index in [4.69, 9.17) is 5.11 Å². The summed E-state index contributed by atoms with van der Waals surface area (Å²) in [6.45, 7) is 4.20. The third-order valence-electron chi connectivity index (χ3n) is 3.32. The first-order chi connectivity index (χ1) is 9.49. The third-order valence-corrected chi connectivity index (χ3v) is 3.32. The summed E-state index contributed by atoms with van der Waals surface area (Å²) in [5.41, 5.74) is 0.880. The van der Waals surface area contributed by atoms with E-state index < -0.39 is 4.92 Å². The number of hydrogen-bond donors (Lipinski definition) is 2. The number of aliphatic hydroxyl groups is 1. The minimum atomic E-state index is -0.467. The summed E-state index contributed by atoms with van der Waals surface area (Å²) in [4.78, 5) is 22.2. The number of carbonyl (C=O) groups excluding carboxylic acids is 1. The number of nitrogens with zero attached hydrogens (tertiary/aromatic N) is 1. The van der Waals surface area contributed by atoms with E-state index in [1.807, 2.05) is 6.92 Å². The SMILES string of the molecule is CCC(CCO)CNC(=O)c1ccc([N+](=O)[O-])c(C)c1. The molecule has 2 N–H and O–H groups in total. The van der Waals surface area contributed by atoms with Crippen molar-refractivity contribution in [2.45, 2.75) is 26.7 Å². The molecule has 1 amide bonds. The highest BCUT2D eigenvalue weighted by molar-refractivity contribution is 5.94. The van der Waals surface area contributed by atoms with Crippen LogP contribution in [0.5, 0.6) is 0 Å². The molecule has 0 saturated carbocycles. The Labute approximate surface area is 118 Å². The van der Waals surface area contributed by atoms with Gasteiger partial charge in [0.1, 0.15) is 0 Å². The van der Waals surface area contributed by atoms with Gasteiger partial charge in [-0.1, -0.05) is 13.3 Å². The summed E-state index contributed by atoms with van der Waals surface area (Å²) in [7, 11) is 0. The quantitative estimate of drug-likeness (QED) is 0.590. The number of rotatable bonds is 7. The Morgan fingerprint density at radius 1 is 1.50 bits per heavy atom. The molecule has 0 aliphatic rings. The second-order valence-electron chi connectivity index (χ2n) is 4.75. The van der Waals surface area contributed by atoms with E-state index in [-0.39, 0.29) is 24.1 Å². The average Bonchev–Trinajstić information content (AvgIpc) is 2.42. The van der Waals surface area contributed by atoms with E-state index in [0.29, 0.717) is 24.1 Å². The molecule has 0 aromatic heterocycles. The third kappa shape index (κ3) is 4.31. The van der Waals surface area contributed by atoms with Crippen molar-refractivity contribution in [1.82, 2.24) is 5.32 Å². The van der Waals surface area contributed by atoms with Gasteiger partial charge in [-0.3, -0.25) is 14.9 Å². The van der Waals surface area contributed by atoms with Crippen LogP contribution in [0.1, 0.15) is 35.7 Å². The zero-order chi connectivity index (χ0) is 15.1. The fraction of sp³-hybridized carbons (Fsp3) is 0.500. The highest BCUT2D eigenvalue weighted by Gasteiger charge is 2.14. The molecule has 1 unspecified atom stereocenters. The number of aliphatic hydroxyl groups excluding tert-OH is 1. The Kier molecular flexibility index (Phi) is 6.11. The second-order valence-corrected chi connectivity index (χ2v) is 4.75. The Bertz CT molecular complexity index is 488. The van der Waals surface area contributed by atoms with Crippen molar-refractivity contribution < 1.29 is 14.8 Å². The number of hydrogen-bond acceptors (Lipinski definition) is 4. The highest BCUT2D eigenvalue weighted by atomic mass is 16.6. The number of nitro benzene ring substituents is 1. The van der Waals surface area contributed by atoms with Crippen LogP contribution in [-0.2, 0) is 0 Å². The van der Waals surface area contributed by atoms with Crippen molar-refractivity contribution in [2.24, 2.45) is 5.92 Å². The number of nitro groups is 1. The Morgan fingerprint density at radius 2 is 2.20 bits per heavy atom. The zero-order valence-electron chi connectivity index (χ0n) is 11.8. The summed E-state index contributed by atoms with van der Waals surface area (Å²) in [5.74, 6) is -0.0116. The summed E-state index contributed by atoms with van der Waals surface area (Å²) >= 11 is 0. The molecule has 0 radical (unpaired) electrons. The van der Waals surface area contributed by atoms with E-state index in [2.05, 4.69) is 5.32 Å². The highest BCUT2D eigenvalue weighted by Crippen LogP contribution is 2.18. The van der Waals surface area contributed by atoms with Gasteiger partial charge < -0.3 is 10.4 Å². The molecule has 0 aliphatic heterocycles. The van der Waals surface area contributed by atoms with Crippen molar-refractivity contribution >= 4 is 11.6 Å². The number of aryl methyl sites for hydroxylation is 1. The predicted molar refractivity (Wildman–Crippen MR) is 75.7 cm³/mol. The second kappa shape index (κ2) is 7.59. The van der Waals surface area contributed by atoms with E-state index >= 15 is 0 Å². The van der Waals surface area contributed by atoms with Crippen LogP contribution in [0.25, 0.3) is 0 Å². The van der Waals surface area contributed by atoms with Gasteiger partial charge in [0.15, 0.2) is 0 Å². The van der Waals surface area contributed by atoms with Crippen LogP contribution in [0.3, 0.4) is 0 Å². The molecule has 110 valence electrons. The first kappa shape index (κ1) is 16.1. The van der Waals surface area contributed by atoms with Crippen molar-refractivity contribution in [3.05, 3.63) is 39.4 Å². The molecule has 1 atom stereocenters. The van der Waals surface area contributed by atoms with Crippen LogP contribution in [-0.4, -0.2) is 29.1 Å². The molecule has 1 aromatic carbocycles. The molecule has 0 saturated heterocycles. The molecule has 6 heteroatoms. The van der Waals surface area contributed by atoms with Crippen LogP contribution in [0.15, 0.2) is 18.2 Å². The average molecular weight is 280 g/mol. The van der Waals surface area contributed by atoms with Gasteiger partial charge in [0, 0.05) is 30.3 Å². The van der Waals surface area contributed by atoms with Crippen molar-refractivity contribution in [3.8, 4) is 0 Å². The molecule has 0 aliphatic carbocycles. The predicted octanol–water partition coefficient (Wildman–Crippen LogP) is 2.04. The van der Waals surface area contributed by atoms with Crippen molar-refractivity contribution in [1.29, 1.82) is 0 Å². The Hall–Kier alpha value is -1.95. The molecule has 0 spiro atoms. The zero-order valence-corrected chi connectivity index (χ0v) is 11.8. The summed E-state index contributed by atoms with van der Waals surface area (Å²) in [6.07, 6.45) is 1.52. The van der Waals surface area contributed by atoms with Gasteiger partial charge in [-0.25, -0.2) is 0 Å². The minimum Gasteiger partial charge on any atom is -0.396 e. The molecule has 1 rings (SSSR count). The smallest absolute Gasteiger partial charge is 0.272 e. The molecule has 0 bridgehead atoms. The summed E-state index contributed by atoms with van der Waals surface area (Å²) in [6, 6.07) is 4.31. The lowest BCUT2D eigenvalue weighted by atomic mass is 10.0. The number of carbonyl (C=O) groups is 1. The van der Waals surface area contributed by atoms with E-state index in [0.717, 1.165) is 6.42 Å². The standard InChI is InChI=1S/C14H20N2O4/c1-3-11(6-7-17)9-15-14(18)12-4-5-13(16(19)20)10(2)8-12/h4-5,8,11,17H,3,6-7,9H2,1-2H3,(H,15,18). The Morgan fingerprint density at radius 3 is 2.70 bits per heavy atom. The first-order valence-electron chi connectivity index (χ1n) is 6.63. The number of amides is 1. The van der Waals surface area contributed by atoms with Gasteiger partial charge in [0.05, 0.1) is 4.92 Å². The lowest BCUT2D eigenvalue weighted by molar-refractivity contribution is -0.385. The topological polar surface area (TPSA) is 92.5 Å². The van der Waals surface area contributed by atoms with Crippen LogP contribution < -0.4 is 5.32 Å². The summed E-state index contributed by atoms with van der Waals surface area (Å²) < 4.78 is 0. The van der Waals surface area contributed by atoms with Gasteiger partial charge in [-0.15, -0.1) is 0 Å². The van der Waals surface area contributed by atoms with Crippen molar-refractivity contribution in [2.75, 3.05) is 13.2 Å². The minimum absolute atomic E-state index is 0.00765. The maximum absolute atomic E-state index is 12.0. The van der Waals surface area contributed by atoms with Crippen LogP contribution in [0.2, 0.25) is 0 Å². The van der Waals surface area contributed by atoms with Crippen LogP contribution in [0, 0.1) is 23.0 Å². The van der Waals surface area contributed by atoms with E-state index in [1.165, 1.54) is 18.2 Å². The van der Waals surface area contributed by atoms with Crippen molar-refractivity contribution in [3.63, 3.8) is 0 Å². The lowest BCUT2D eigenvalue weighted by Crippen LogP contribution is -2.29. The molecule has 20 heavy (non-hydrogen) atoms. The number of benzene rings is 1. The normalized spacial score (nSPS) is 11.9. The van der Waals surface area contributed by atoms with Gasteiger partial charge in [-0.05, 0) is 31.4 Å².